The third-order valence-electron chi connectivity index (χ3n) is 7.31. The zero-order valence-electron chi connectivity index (χ0n) is 22.8. The fourth-order valence-electron chi connectivity index (χ4n) is 4.94. The van der Waals surface area contributed by atoms with Crippen LogP contribution < -0.4 is 10.1 Å². The molecule has 0 fully saturated rings. The Kier molecular flexibility index (Phi) is 8.65. The van der Waals surface area contributed by atoms with Crippen molar-refractivity contribution in [2.75, 3.05) is 5.32 Å². The quantitative estimate of drug-likeness (QED) is 0.218. The maximum atomic E-state index is 13.6. The summed E-state index contributed by atoms with van der Waals surface area (Å²) < 4.78 is 5.91. The van der Waals surface area contributed by atoms with Crippen LogP contribution in [-0.2, 0) is 19.4 Å². The number of rotatable bonds is 7. The molecule has 1 amide bonds. The first-order valence-electron chi connectivity index (χ1n) is 13.4. The molecular weight excluding hydrogens is 559 g/mol. The molecule has 7 heteroatoms. The van der Waals surface area contributed by atoms with Crippen LogP contribution in [0.15, 0.2) is 77.8 Å². The summed E-state index contributed by atoms with van der Waals surface area (Å²) in [6.45, 7) is 7.33. The zero-order valence-corrected chi connectivity index (χ0v) is 25.2. The molecule has 1 aliphatic carbocycles. The molecule has 1 N–H and O–H groups in total. The van der Waals surface area contributed by atoms with Gasteiger partial charge in [0.15, 0.2) is 0 Å². The minimum atomic E-state index is -0.133. The van der Waals surface area contributed by atoms with Crippen molar-refractivity contribution in [3.63, 3.8) is 0 Å². The van der Waals surface area contributed by atoms with Gasteiger partial charge in [-0.05, 0) is 108 Å². The standard InChI is InChI=1S/C33H32Cl2N2O2S/c1-33(2,3)23-9-16-28-29(18-23)40-32(30(28)31(38)37-26-12-10-24(34)11-13-26)36-19-21-7-14-27(15-8-21)39-20-22-5-4-6-25(35)17-22/h4-8,10-15,17,19,23H,9,16,18,20H2,1-3H3,(H,37,38)/t23-/m0/s1. The van der Waals surface area contributed by atoms with Gasteiger partial charge in [-0.25, -0.2) is 4.99 Å². The summed E-state index contributed by atoms with van der Waals surface area (Å²) >= 11 is 13.7. The van der Waals surface area contributed by atoms with Crippen molar-refractivity contribution < 1.29 is 9.53 Å². The number of aliphatic imine (C=N–C) groups is 1. The largest absolute Gasteiger partial charge is 0.489 e. The summed E-state index contributed by atoms with van der Waals surface area (Å²) in [5, 5.41) is 5.12. The Hall–Kier alpha value is -3.12. The second kappa shape index (κ2) is 12.2. The first-order chi connectivity index (χ1) is 19.2. The molecule has 0 spiro atoms. The minimum absolute atomic E-state index is 0.133. The van der Waals surface area contributed by atoms with Crippen molar-refractivity contribution in [1.82, 2.24) is 0 Å². The number of amides is 1. The van der Waals surface area contributed by atoms with Crippen molar-refractivity contribution in [3.05, 3.63) is 110 Å². The van der Waals surface area contributed by atoms with Gasteiger partial charge in [0.2, 0.25) is 0 Å². The molecule has 40 heavy (non-hydrogen) atoms. The van der Waals surface area contributed by atoms with Crippen LogP contribution in [0.4, 0.5) is 10.7 Å². The first kappa shape index (κ1) is 28.4. The molecule has 5 rings (SSSR count). The molecule has 0 saturated carbocycles. The van der Waals surface area contributed by atoms with E-state index in [1.807, 2.05) is 66.9 Å². The van der Waals surface area contributed by atoms with Crippen molar-refractivity contribution in [3.8, 4) is 5.75 Å². The predicted octanol–water partition coefficient (Wildman–Crippen LogP) is 9.79. The smallest absolute Gasteiger partial charge is 0.259 e. The molecule has 0 radical (unpaired) electrons. The predicted molar refractivity (Wildman–Crippen MR) is 168 cm³/mol. The number of thiophene rings is 1. The number of fused-ring (bicyclic) bond motifs is 1. The van der Waals surface area contributed by atoms with Crippen LogP contribution in [-0.4, -0.2) is 12.1 Å². The van der Waals surface area contributed by atoms with E-state index in [4.69, 9.17) is 32.9 Å². The van der Waals surface area contributed by atoms with Gasteiger partial charge < -0.3 is 10.1 Å². The lowest BCUT2D eigenvalue weighted by Crippen LogP contribution is -2.27. The number of nitrogens with zero attached hydrogens (tertiary/aromatic N) is 1. The normalized spacial score (nSPS) is 15.2. The van der Waals surface area contributed by atoms with E-state index < -0.39 is 0 Å². The molecule has 1 heterocycles. The summed E-state index contributed by atoms with van der Waals surface area (Å²) in [7, 11) is 0. The molecule has 0 aliphatic heterocycles. The Bertz CT molecular complexity index is 1520. The number of anilines is 1. The number of carbonyl (C=O) groups is 1. The van der Waals surface area contributed by atoms with Crippen molar-refractivity contribution in [1.29, 1.82) is 0 Å². The number of hydrogen-bond donors (Lipinski definition) is 1. The van der Waals surface area contributed by atoms with E-state index in [-0.39, 0.29) is 11.3 Å². The van der Waals surface area contributed by atoms with E-state index in [0.717, 1.165) is 46.7 Å². The Morgan fingerprint density at radius 1 is 1.05 bits per heavy atom. The molecular formula is C33H32Cl2N2O2S. The number of ether oxygens (including phenoxy) is 1. The van der Waals surface area contributed by atoms with Crippen LogP contribution in [0.3, 0.4) is 0 Å². The average Bonchev–Trinajstić information content (AvgIpc) is 3.30. The topological polar surface area (TPSA) is 50.7 Å². The van der Waals surface area contributed by atoms with Gasteiger partial charge in [-0.15, -0.1) is 11.3 Å². The highest BCUT2D eigenvalue weighted by molar-refractivity contribution is 7.16. The van der Waals surface area contributed by atoms with Crippen molar-refractivity contribution in [2.45, 2.75) is 46.6 Å². The molecule has 1 atom stereocenters. The van der Waals surface area contributed by atoms with E-state index in [0.29, 0.717) is 33.8 Å². The van der Waals surface area contributed by atoms with Crippen LogP contribution >= 0.6 is 34.5 Å². The molecule has 0 unspecified atom stereocenters. The maximum Gasteiger partial charge on any atom is 0.259 e. The number of halogens is 2. The average molecular weight is 592 g/mol. The van der Waals surface area contributed by atoms with Crippen LogP contribution in [0.1, 0.15) is 59.1 Å². The molecule has 3 aromatic carbocycles. The second-order valence-electron chi connectivity index (χ2n) is 11.2. The van der Waals surface area contributed by atoms with Gasteiger partial charge in [-0.1, -0.05) is 56.1 Å². The molecule has 0 saturated heterocycles. The molecule has 1 aliphatic rings. The van der Waals surface area contributed by atoms with Gasteiger partial charge in [-0.3, -0.25) is 4.79 Å². The lowest BCUT2D eigenvalue weighted by molar-refractivity contribution is 0.102. The highest BCUT2D eigenvalue weighted by Crippen LogP contribution is 2.45. The van der Waals surface area contributed by atoms with Crippen LogP contribution in [0.25, 0.3) is 0 Å². The van der Waals surface area contributed by atoms with Crippen LogP contribution in [0.2, 0.25) is 10.0 Å². The van der Waals surface area contributed by atoms with Gasteiger partial charge in [-0.2, -0.15) is 0 Å². The van der Waals surface area contributed by atoms with Gasteiger partial charge in [0.05, 0.1) is 5.56 Å². The first-order valence-corrected chi connectivity index (χ1v) is 15.0. The molecule has 1 aromatic heterocycles. The monoisotopic (exact) mass is 590 g/mol. The van der Waals surface area contributed by atoms with Gasteiger partial charge in [0.25, 0.3) is 5.91 Å². The van der Waals surface area contributed by atoms with E-state index in [1.54, 1.807) is 23.5 Å². The van der Waals surface area contributed by atoms with Gasteiger partial charge in [0.1, 0.15) is 17.4 Å². The Morgan fingerprint density at radius 3 is 2.50 bits per heavy atom. The van der Waals surface area contributed by atoms with E-state index in [2.05, 4.69) is 26.1 Å². The van der Waals surface area contributed by atoms with Gasteiger partial charge in [0, 0.05) is 26.8 Å². The fraction of sp³-hybridized carbons (Fsp3) is 0.273. The Balaban J connectivity index is 1.36. The number of benzene rings is 3. The number of nitrogens with one attached hydrogen (secondary N) is 1. The van der Waals surface area contributed by atoms with Crippen LogP contribution in [0.5, 0.6) is 5.75 Å². The summed E-state index contributed by atoms with van der Waals surface area (Å²) in [5.41, 5.74) is 4.68. The van der Waals surface area contributed by atoms with Crippen LogP contribution in [0, 0.1) is 11.3 Å². The third-order valence-corrected chi connectivity index (χ3v) is 8.96. The Morgan fingerprint density at radius 2 is 1.80 bits per heavy atom. The number of hydrogen-bond acceptors (Lipinski definition) is 4. The lowest BCUT2D eigenvalue weighted by Gasteiger charge is -2.33. The summed E-state index contributed by atoms with van der Waals surface area (Å²) in [6, 6.07) is 22.6. The number of carbonyl (C=O) groups excluding carboxylic acids is 1. The van der Waals surface area contributed by atoms with E-state index in [1.165, 1.54) is 4.88 Å². The summed E-state index contributed by atoms with van der Waals surface area (Å²) in [5.74, 6) is 1.20. The second-order valence-corrected chi connectivity index (χ2v) is 13.2. The van der Waals surface area contributed by atoms with Crippen molar-refractivity contribution >= 4 is 57.3 Å². The fourth-order valence-corrected chi connectivity index (χ4v) is 6.55. The third kappa shape index (κ3) is 6.95. The van der Waals surface area contributed by atoms with E-state index in [9.17, 15) is 4.79 Å². The molecule has 0 bridgehead atoms. The van der Waals surface area contributed by atoms with Crippen molar-refractivity contribution in [2.24, 2.45) is 16.3 Å². The zero-order chi connectivity index (χ0) is 28.3. The summed E-state index contributed by atoms with van der Waals surface area (Å²) in [4.78, 5) is 19.7. The highest BCUT2D eigenvalue weighted by atomic mass is 35.5. The molecule has 4 nitrogen and oxygen atoms in total. The minimum Gasteiger partial charge on any atom is -0.489 e. The van der Waals surface area contributed by atoms with Gasteiger partial charge >= 0.3 is 0 Å². The highest BCUT2D eigenvalue weighted by Gasteiger charge is 2.33. The lowest BCUT2D eigenvalue weighted by atomic mass is 9.72. The summed E-state index contributed by atoms with van der Waals surface area (Å²) in [6.07, 6.45) is 4.73. The SMILES string of the molecule is CC(C)(C)[C@H]1CCc2c(sc(N=Cc3ccc(OCc4cccc(Cl)c4)cc3)c2C(=O)Nc2ccc(Cl)cc2)C1. The van der Waals surface area contributed by atoms with E-state index >= 15 is 0 Å². The molecule has 4 aromatic rings. The maximum absolute atomic E-state index is 13.6. The Labute approximate surface area is 250 Å². The molecule has 206 valence electrons.